The summed E-state index contributed by atoms with van der Waals surface area (Å²) in [6.45, 7) is 1.95. The van der Waals surface area contributed by atoms with Crippen LogP contribution in [0.3, 0.4) is 0 Å². The van der Waals surface area contributed by atoms with Gasteiger partial charge in [-0.05, 0) is 46.2 Å². The molecule has 0 spiro atoms. The molecular formula is C26H23NO. The molecule has 28 heavy (non-hydrogen) atoms. The fraction of sp³-hybridized carbons (Fsp3) is 0.0769. The number of hydrogen-bond acceptors (Lipinski definition) is 2. The number of rotatable bonds is 4. The Bertz CT molecular complexity index is 1140. The highest BCUT2D eigenvalue weighted by atomic mass is 16.5. The zero-order valence-corrected chi connectivity index (χ0v) is 16.1. The zero-order chi connectivity index (χ0) is 19.5. The number of allylic oxidation sites excluding steroid dienone is 1. The molecule has 2 heteroatoms. The second-order valence-electron chi connectivity index (χ2n) is 6.76. The van der Waals surface area contributed by atoms with Crippen molar-refractivity contribution in [2.24, 2.45) is 5.73 Å². The van der Waals surface area contributed by atoms with Crippen molar-refractivity contribution in [3.05, 3.63) is 96.6 Å². The zero-order valence-electron chi connectivity index (χ0n) is 16.1. The molecule has 0 fully saturated rings. The van der Waals surface area contributed by atoms with Crippen LogP contribution in [0.5, 0.6) is 5.75 Å². The molecule has 0 aliphatic rings. The lowest BCUT2D eigenvalue weighted by Gasteiger charge is -2.11. The summed E-state index contributed by atoms with van der Waals surface area (Å²) in [7, 11) is 1.71. The first-order chi connectivity index (χ1) is 13.7. The molecule has 2 nitrogen and oxygen atoms in total. The summed E-state index contributed by atoms with van der Waals surface area (Å²) in [5, 5.41) is 2.32. The molecule has 4 rings (SSSR count). The molecule has 2 N–H and O–H groups in total. The van der Waals surface area contributed by atoms with Crippen molar-refractivity contribution in [2.75, 3.05) is 7.11 Å². The molecular weight excluding hydrogens is 342 g/mol. The Morgan fingerprint density at radius 3 is 1.89 bits per heavy atom. The number of fused-ring (bicyclic) bond motifs is 1. The molecule has 0 amide bonds. The summed E-state index contributed by atoms with van der Waals surface area (Å²) >= 11 is 0. The fourth-order valence-corrected chi connectivity index (χ4v) is 3.57. The van der Waals surface area contributed by atoms with Crippen molar-refractivity contribution in [1.29, 1.82) is 0 Å². The largest absolute Gasteiger partial charge is 0.496 e. The van der Waals surface area contributed by atoms with Crippen molar-refractivity contribution in [2.45, 2.75) is 6.92 Å². The smallest absolute Gasteiger partial charge is 0.126 e. The third-order valence-electron chi connectivity index (χ3n) is 5.16. The van der Waals surface area contributed by atoms with Gasteiger partial charge in [-0.3, -0.25) is 0 Å². The van der Waals surface area contributed by atoms with Crippen LogP contribution in [0.15, 0.2) is 91.0 Å². The first kappa shape index (κ1) is 17.9. The summed E-state index contributed by atoms with van der Waals surface area (Å²) in [6.07, 6.45) is 1.92. The van der Waals surface area contributed by atoms with Gasteiger partial charge in [0.2, 0.25) is 0 Å². The van der Waals surface area contributed by atoms with E-state index in [-0.39, 0.29) is 0 Å². The van der Waals surface area contributed by atoms with Crippen LogP contribution in [0.2, 0.25) is 0 Å². The van der Waals surface area contributed by atoms with Gasteiger partial charge in [0.15, 0.2) is 0 Å². The van der Waals surface area contributed by atoms with Crippen LogP contribution in [0.1, 0.15) is 12.5 Å². The highest BCUT2D eigenvalue weighted by Crippen LogP contribution is 2.35. The van der Waals surface area contributed by atoms with Gasteiger partial charge < -0.3 is 10.5 Å². The number of nitrogens with two attached hydrogens (primary N) is 1. The average molecular weight is 365 g/mol. The van der Waals surface area contributed by atoms with E-state index >= 15 is 0 Å². The Morgan fingerprint density at radius 1 is 0.714 bits per heavy atom. The number of hydrogen-bond donors (Lipinski definition) is 1. The van der Waals surface area contributed by atoms with Gasteiger partial charge in [-0.15, -0.1) is 0 Å². The molecule has 138 valence electrons. The van der Waals surface area contributed by atoms with Crippen molar-refractivity contribution < 1.29 is 4.74 Å². The van der Waals surface area contributed by atoms with E-state index in [2.05, 4.69) is 72.8 Å². The van der Waals surface area contributed by atoms with Gasteiger partial charge >= 0.3 is 0 Å². The maximum atomic E-state index is 5.99. The third kappa shape index (κ3) is 3.25. The third-order valence-corrected chi connectivity index (χ3v) is 5.16. The second kappa shape index (κ2) is 7.61. The van der Waals surface area contributed by atoms with Crippen molar-refractivity contribution in [3.8, 4) is 28.0 Å². The normalized spacial score (nSPS) is 11.6. The standard InChI is InChI=1S/C26H23NO/c1-3-25(27)21-14-10-19(11-15-21)18-8-12-20(13-9-18)22-16-17-26(28-2)24-7-5-4-6-23(22)24/h3-17H,27H2,1-2H3/b25-3-. The molecule has 0 aliphatic heterocycles. The molecule has 0 heterocycles. The average Bonchev–Trinajstić information content (AvgIpc) is 2.78. The van der Waals surface area contributed by atoms with Crippen LogP contribution in [0, 0.1) is 0 Å². The summed E-state index contributed by atoms with van der Waals surface area (Å²) in [5.74, 6) is 0.900. The SMILES string of the molecule is C/C=C(\N)c1ccc(-c2ccc(-c3ccc(OC)c4ccccc34)cc2)cc1. The van der Waals surface area contributed by atoms with Gasteiger partial charge in [0, 0.05) is 11.1 Å². The Morgan fingerprint density at radius 2 is 1.29 bits per heavy atom. The minimum absolute atomic E-state index is 0.799. The van der Waals surface area contributed by atoms with Gasteiger partial charge in [-0.25, -0.2) is 0 Å². The minimum Gasteiger partial charge on any atom is -0.496 e. The predicted octanol–water partition coefficient (Wildman–Crippen LogP) is 6.50. The lowest BCUT2D eigenvalue weighted by molar-refractivity contribution is 0.420. The number of ether oxygens (including phenoxy) is 1. The van der Waals surface area contributed by atoms with Gasteiger partial charge in [-0.1, -0.05) is 84.9 Å². The molecule has 0 unspecified atom stereocenters. The summed E-state index contributed by atoms with van der Waals surface area (Å²) in [5.41, 5.74) is 12.6. The highest BCUT2D eigenvalue weighted by Gasteiger charge is 2.08. The summed E-state index contributed by atoms with van der Waals surface area (Å²) in [4.78, 5) is 0. The van der Waals surface area contributed by atoms with E-state index in [9.17, 15) is 0 Å². The Kier molecular flexibility index (Phi) is 4.86. The monoisotopic (exact) mass is 365 g/mol. The Hall–Kier alpha value is -3.52. The topological polar surface area (TPSA) is 35.2 Å². The lowest BCUT2D eigenvalue weighted by Crippen LogP contribution is -1.94. The molecule has 4 aromatic rings. The van der Waals surface area contributed by atoms with Gasteiger partial charge in [0.25, 0.3) is 0 Å². The molecule has 0 saturated heterocycles. The van der Waals surface area contributed by atoms with E-state index in [0.717, 1.165) is 22.4 Å². The van der Waals surface area contributed by atoms with E-state index in [4.69, 9.17) is 10.5 Å². The van der Waals surface area contributed by atoms with Gasteiger partial charge in [0.1, 0.15) is 5.75 Å². The maximum Gasteiger partial charge on any atom is 0.126 e. The lowest BCUT2D eigenvalue weighted by atomic mass is 9.95. The van der Waals surface area contributed by atoms with Gasteiger partial charge in [-0.2, -0.15) is 0 Å². The van der Waals surface area contributed by atoms with Crippen LogP contribution in [0.4, 0.5) is 0 Å². The van der Waals surface area contributed by atoms with Crippen molar-refractivity contribution >= 4 is 16.5 Å². The first-order valence-corrected chi connectivity index (χ1v) is 9.40. The summed E-state index contributed by atoms with van der Waals surface area (Å²) < 4.78 is 5.52. The Labute approximate surface area is 165 Å². The van der Waals surface area contributed by atoms with E-state index in [1.165, 1.54) is 27.6 Å². The molecule has 0 saturated carbocycles. The summed E-state index contributed by atoms with van der Waals surface area (Å²) in [6, 6.07) is 29.6. The molecule has 0 aromatic heterocycles. The van der Waals surface area contributed by atoms with Crippen LogP contribution in [0.25, 0.3) is 38.7 Å². The van der Waals surface area contributed by atoms with E-state index < -0.39 is 0 Å². The molecule has 0 atom stereocenters. The molecule has 0 aliphatic carbocycles. The van der Waals surface area contributed by atoms with E-state index in [1.54, 1.807) is 7.11 Å². The Balaban J connectivity index is 1.70. The molecule has 4 aromatic carbocycles. The number of benzene rings is 4. The van der Waals surface area contributed by atoms with Crippen molar-refractivity contribution in [1.82, 2.24) is 0 Å². The second-order valence-corrected chi connectivity index (χ2v) is 6.76. The maximum absolute atomic E-state index is 5.99. The van der Waals surface area contributed by atoms with E-state index in [0.29, 0.717) is 0 Å². The molecule has 0 radical (unpaired) electrons. The van der Waals surface area contributed by atoms with Crippen LogP contribution in [-0.2, 0) is 0 Å². The number of methoxy groups -OCH3 is 1. The quantitative estimate of drug-likeness (QED) is 0.448. The van der Waals surface area contributed by atoms with Crippen LogP contribution < -0.4 is 10.5 Å². The first-order valence-electron chi connectivity index (χ1n) is 9.40. The minimum atomic E-state index is 0.799. The van der Waals surface area contributed by atoms with Crippen LogP contribution >= 0.6 is 0 Å². The van der Waals surface area contributed by atoms with E-state index in [1.807, 2.05) is 25.1 Å². The molecule has 0 bridgehead atoms. The van der Waals surface area contributed by atoms with Crippen LogP contribution in [-0.4, -0.2) is 7.11 Å². The van der Waals surface area contributed by atoms with Gasteiger partial charge in [0.05, 0.1) is 7.11 Å². The predicted molar refractivity (Wildman–Crippen MR) is 119 cm³/mol. The van der Waals surface area contributed by atoms with Crippen molar-refractivity contribution in [3.63, 3.8) is 0 Å². The highest BCUT2D eigenvalue weighted by molar-refractivity contribution is 6.00. The fourth-order valence-electron chi connectivity index (χ4n) is 3.57.